The van der Waals surface area contributed by atoms with Gasteiger partial charge in [-0.25, -0.2) is 9.97 Å². The maximum absolute atomic E-state index is 12.4. The molecule has 21 heavy (non-hydrogen) atoms. The predicted molar refractivity (Wildman–Crippen MR) is 80.9 cm³/mol. The molecule has 0 saturated heterocycles. The average molecular weight is 282 g/mol. The van der Waals surface area contributed by atoms with Crippen molar-refractivity contribution in [3.63, 3.8) is 0 Å². The second kappa shape index (κ2) is 5.91. The van der Waals surface area contributed by atoms with E-state index in [0.29, 0.717) is 18.3 Å². The molecular weight excluding hydrogens is 264 g/mol. The zero-order valence-corrected chi connectivity index (χ0v) is 12.0. The SMILES string of the molecule is CN(Cc1ccccc1)C(=O)c1cc(NC2CC2)ncn1. The van der Waals surface area contributed by atoms with Gasteiger partial charge in [-0.3, -0.25) is 4.79 Å². The zero-order chi connectivity index (χ0) is 14.7. The topological polar surface area (TPSA) is 58.1 Å². The molecule has 0 spiro atoms. The van der Waals surface area contributed by atoms with Crippen LogP contribution >= 0.6 is 0 Å². The van der Waals surface area contributed by atoms with Gasteiger partial charge in [0.1, 0.15) is 17.8 Å². The fourth-order valence-corrected chi connectivity index (χ4v) is 2.11. The van der Waals surface area contributed by atoms with Crippen molar-refractivity contribution in [3.8, 4) is 0 Å². The summed E-state index contributed by atoms with van der Waals surface area (Å²) >= 11 is 0. The molecule has 1 aromatic heterocycles. The van der Waals surface area contributed by atoms with Crippen LogP contribution in [-0.4, -0.2) is 33.9 Å². The molecule has 1 aromatic carbocycles. The third-order valence-electron chi connectivity index (χ3n) is 3.42. The Bertz CT molecular complexity index is 625. The molecule has 1 amide bonds. The maximum Gasteiger partial charge on any atom is 0.272 e. The van der Waals surface area contributed by atoms with Crippen LogP contribution in [0.1, 0.15) is 28.9 Å². The monoisotopic (exact) mass is 282 g/mol. The number of anilines is 1. The summed E-state index contributed by atoms with van der Waals surface area (Å²) in [6.07, 6.45) is 3.77. The van der Waals surface area contributed by atoms with Crippen molar-refractivity contribution >= 4 is 11.7 Å². The molecule has 0 aliphatic heterocycles. The Labute approximate surface area is 124 Å². The van der Waals surface area contributed by atoms with Gasteiger partial charge < -0.3 is 10.2 Å². The lowest BCUT2D eigenvalue weighted by Crippen LogP contribution is -2.27. The Morgan fingerprint density at radius 2 is 2.05 bits per heavy atom. The van der Waals surface area contributed by atoms with Crippen molar-refractivity contribution in [1.82, 2.24) is 14.9 Å². The summed E-state index contributed by atoms with van der Waals surface area (Å²) in [5.74, 6) is 0.629. The fourth-order valence-electron chi connectivity index (χ4n) is 2.11. The Kier molecular flexibility index (Phi) is 3.81. The van der Waals surface area contributed by atoms with Gasteiger partial charge in [0.2, 0.25) is 0 Å². The lowest BCUT2D eigenvalue weighted by Gasteiger charge is -2.17. The molecule has 108 valence electrons. The van der Waals surface area contributed by atoms with Gasteiger partial charge >= 0.3 is 0 Å². The maximum atomic E-state index is 12.4. The molecule has 1 aliphatic rings. The number of hydrogen-bond donors (Lipinski definition) is 1. The first-order valence-corrected chi connectivity index (χ1v) is 7.10. The van der Waals surface area contributed by atoms with Crippen molar-refractivity contribution in [2.75, 3.05) is 12.4 Å². The number of amides is 1. The summed E-state index contributed by atoms with van der Waals surface area (Å²) < 4.78 is 0. The first kappa shape index (κ1) is 13.5. The summed E-state index contributed by atoms with van der Waals surface area (Å²) in [4.78, 5) is 22.3. The number of nitrogens with one attached hydrogen (secondary N) is 1. The Balaban J connectivity index is 1.68. The highest BCUT2D eigenvalue weighted by Gasteiger charge is 2.22. The van der Waals surface area contributed by atoms with Crippen LogP contribution in [0.2, 0.25) is 0 Å². The van der Waals surface area contributed by atoms with Crippen LogP contribution in [0.4, 0.5) is 5.82 Å². The van der Waals surface area contributed by atoms with Crippen molar-refractivity contribution < 1.29 is 4.79 Å². The quantitative estimate of drug-likeness (QED) is 0.914. The van der Waals surface area contributed by atoms with Gasteiger partial charge in [0.05, 0.1) is 0 Å². The summed E-state index contributed by atoms with van der Waals surface area (Å²) in [6, 6.07) is 12.1. The van der Waals surface area contributed by atoms with Crippen LogP contribution in [0, 0.1) is 0 Å². The van der Waals surface area contributed by atoms with E-state index in [-0.39, 0.29) is 5.91 Å². The molecule has 1 aliphatic carbocycles. The molecule has 0 unspecified atom stereocenters. The van der Waals surface area contributed by atoms with E-state index in [9.17, 15) is 4.79 Å². The molecule has 1 heterocycles. The average Bonchev–Trinajstić information content (AvgIpc) is 3.32. The Morgan fingerprint density at radius 1 is 1.29 bits per heavy atom. The molecule has 3 rings (SSSR count). The minimum Gasteiger partial charge on any atom is -0.367 e. The van der Waals surface area contributed by atoms with Crippen LogP contribution in [0.3, 0.4) is 0 Å². The highest BCUT2D eigenvalue weighted by Crippen LogP contribution is 2.23. The zero-order valence-electron chi connectivity index (χ0n) is 12.0. The van der Waals surface area contributed by atoms with Crippen LogP contribution in [-0.2, 0) is 6.54 Å². The highest BCUT2D eigenvalue weighted by atomic mass is 16.2. The van der Waals surface area contributed by atoms with Crippen molar-refractivity contribution in [3.05, 3.63) is 54.0 Å². The summed E-state index contributed by atoms with van der Waals surface area (Å²) in [6.45, 7) is 0.565. The van der Waals surface area contributed by atoms with Gasteiger partial charge in [0.25, 0.3) is 5.91 Å². The van der Waals surface area contributed by atoms with E-state index in [0.717, 1.165) is 11.4 Å². The van der Waals surface area contributed by atoms with E-state index >= 15 is 0 Å². The smallest absolute Gasteiger partial charge is 0.272 e. The fraction of sp³-hybridized carbons (Fsp3) is 0.312. The molecular formula is C16H18N4O. The number of carbonyl (C=O) groups excluding carboxylic acids is 1. The minimum absolute atomic E-state index is 0.0971. The Hall–Kier alpha value is -2.43. The van der Waals surface area contributed by atoms with Gasteiger partial charge in [-0.05, 0) is 18.4 Å². The number of aromatic nitrogens is 2. The molecule has 1 saturated carbocycles. The van der Waals surface area contributed by atoms with E-state index in [4.69, 9.17) is 0 Å². The van der Waals surface area contributed by atoms with Gasteiger partial charge in [-0.1, -0.05) is 30.3 Å². The summed E-state index contributed by atoms with van der Waals surface area (Å²) in [5, 5.41) is 3.28. The Morgan fingerprint density at radius 3 is 2.76 bits per heavy atom. The van der Waals surface area contributed by atoms with Crippen molar-refractivity contribution in [2.45, 2.75) is 25.4 Å². The lowest BCUT2D eigenvalue weighted by atomic mass is 10.2. The van der Waals surface area contributed by atoms with Crippen molar-refractivity contribution in [1.29, 1.82) is 0 Å². The van der Waals surface area contributed by atoms with Crippen molar-refractivity contribution in [2.24, 2.45) is 0 Å². The molecule has 5 heteroatoms. The highest BCUT2D eigenvalue weighted by molar-refractivity contribution is 5.92. The second-order valence-corrected chi connectivity index (χ2v) is 5.35. The predicted octanol–water partition coefficient (Wildman–Crippen LogP) is 2.32. The molecule has 1 N–H and O–H groups in total. The molecule has 5 nitrogen and oxygen atoms in total. The van der Waals surface area contributed by atoms with Crippen LogP contribution in [0.5, 0.6) is 0 Å². The number of nitrogens with zero attached hydrogens (tertiary/aromatic N) is 3. The third-order valence-corrected chi connectivity index (χ3v) is 3.42. The van der Waals surface area contributed by atoms with Gasteiger partial charge in [-0.15, -0.1) is 0 Å². The summed E-state index contributed by atoms with van der Waals surface area (Å²) in [5.41, 5.74) is 1.52. The molecule has 0 bridgehead atoms. The van der Waals surface area contributed by atoms with Gasteiger partial charge in [0.15, 0.2) is 0 Å². The first-order valence-electron chi connectivity index (χ1n) is 7.10. The largest absolute Gasteiger partial charge is 0.367 e. The normalized spacial score (nSPS) is 13.8. The van der Waals surface area contributed by atoms with E-state index in [2.05, 4.69) is 15.3 Å². The molecule has 0 radical (unpaired) electrons. The van der Waals surface area contributed by atoms with Crippen LogP contribution < -0.4 is 5.32 Å². The molecule has 2 aromatic rings. The first-order chi connectivity index (χ1) is 10.2. The van der Waals surface area contributed by atoms with E-state index in [1.807, 2.05) is 30.3 Å². The minimum atomic E-state index is -0.0971. The number of benzene rings is 1. The molecule has 1 fully saturated rings. The van der Waals surface area contributed by atoms with E-state index in [1.54, 1.807) is 18.0 Å². The van der Waals surface area contributed by atoms with E-state index < -0.39 is 0 Å². The number of hydrogen-bond acceptors (Lipinski definition) is 4. The van der Waals surface area contributed by atoms with Crippen LogP contribution in [0.25, 0.3) is 0 Å². The number of rotatable bonds is 5. The molecule has 0 atom stereocenters. The van der Waals surface area contributed by atoms with Gasteiger partial charge in [-0.2, -0.15) is 0 Å². The second-order valence-electron chi connectivity index (χ2n) is 5.35. The van der Waals surface area contributed by atoms with Gasteiger partial charge in [0, 0.05) is 25.7 Å². The third kappa shape index (κ3) is 3.56. The summed E-state index contributed by atoms with van der Waals surface area (Å²) in [7, 11) is 1.78. The standard InChI is InChI=1S/C16H18N4O/c1-20(10-12-5-3-2-4-6-12)16(21)14-9-15(18-11-17-14)19-13-7-8-13/h2-6,9,11,13H,7-8,10H2,1H3,(H,17,18,19). The van der Waals surface area contributed by atoms with E-state index in [1.165, 1.54) is 19.2 Å². The lowest BCUT2D eigenvalue weighted by molar-refractivity contribution is 0.0779. The number of carbonyl (C=O) groups is 1. The van der Waals surface area contributed by atoms with Crippen LogP contribution in [0.15, 0.2) is 42.7 Å².